The number of carbonyl (C=O) groups excluding carboxylic acids is 1. The van der Waals surface area contributed by atoms with E-state index >= 15 is 0 Å². The number of hydrogen-bond donors (Lipinski definition) is 1. The van der Waals surface area contributed by atoms with Crippen LogP contribution >= 0.6 is 11.6 Å². The molecule has 0 heterocycles. The lowest BCUT2D eigenvalue weighted by atomic mass is 10.0. The van der Waals surface area contributed by atoms with Crippen molar-refractivity contribution in [3.63, 3.8) is 0 Å². The maximum Gasteiger partial charge on any atom is 0.181 e. The smallest absolute Gasteiger partial charge is 0.181 e. The molecule has 1 aromatic carbocycles. The van der Waals surface area contributed by atoms with E-state index in [0.717, 1.165) is 0 Å². The Balaban J connectivity index is 3.33. The van der Waals surface area contributed by atoms with Crippen LogP contribution in [-0.4, -0.2) is 11.8 Å². The largest absolute Gasteiger partial charge is 0.321 e. The van der Waals surface area contributed by atoms with Gasteiger partial charge in [-0.3, -0.25) is 4.79 Å². The molecule has 1 aromatic rings. The predicted molar refractivity (Wildman–Crippen MR) is 54.1 cm³/mol. The van der Waals surface area contributed by atoms with Crippen molar-refractivity contribution in [1.29, 1.82) is 0 Å². The number of carbonyl (C=O) groups is 1. The first-order valence-electron chi connectivity index (χ1n) is 4.19. The third-order valence-electron chi connectivity index (χ3n) is 1.96. The van der Waals surface area contributed by atoms with Gasteiger partial charge in [-0.2, -0.15) is 0 Å². The van der Waals surface area contributed by atoms with Crippen LogP contribution in [0.4, 0.5) is 4.39 Å². The molecular formula is C10H11ClFNO. The molecule has 4 heteroatoms. The van der Waals surface area contributed by atoms with Crippen molar-refractivity contribution in [2.24, 2.45) is 5.73 Å². The number of rotatable bonds is 2. The average Bonchev–Trinajstić information content (AvgIpc) is 2.12. The second-order valence-electron chi connectivity index (χ2n) is 3.21. The molecule has 1 atom stereocenters. The summed E-state index contributed by atoms with van der Waals surface area (Å²) in [4.78, 5) is 11.6. The van der Waals surface area contributed by atoms with Gasteiger partial charge in [0.15, 0.2) is 5.78 Å². The maximum atomic E-state index is 13.1. The molecule has 0 aliphatic heterocycles. The molecule has 0 aliphatic carbocycles. The van der Waals surface area contributed by atoms with Gasteiger partial charge in [0.1, 0.15) is 5.82 Å². The molecule has 0 aromatic heterocycles. The maximum absolute atomic E-state index is 13.1. The molecule has 0 fully saturated rings. The summed E-state index contributed by atoms with van der Waals surface area (Å²) >= 11 is 5.69. The molecule has 76 valence electrons. The predicted octanol–water partition coefficient (Wildman–Crippen LogP) is 2.32. The van der Waals surface area contributed by atoms with Crippen LogP contribution in [0, 0.1) is 12.7 Å². The van der Waals surface area contributed by atoms with Gasteiger partial charge in [-0.1, -0.05) is 17.7 Å². The molecule has 0 bridgehead atoms. The topological polar surface area (TPSA) is 43.1 Å². The van der Waals surface area contributed by atoms with Crippen LogP contribution in [0.5, 0.6) is 0 Å². The van der Waals surface area contributed by atoms with Gasteiger partial charge in [0.25, 0.3) is 0 Å². The molecule has 1 unspecified atom stereocenters. The Labute approximate surface area is 86.9 Å². The summed E-state index contributed by atoms with van der Waals surface area (Å²) < 4.78 is 13.1. The number of hydrogen-bond acceptors (Lipinski definition) is 2. The van der Waals surface area contributed by atoms with Crippen LogP contribution in [-0.2, 0) is 0 Å². The Hall–Kier alpha value is -0.930. The van der Waals surface area contributed by atoms with E-state index in [0.29, 0.717) is 5.56 Å². The van der Waals surface area contributed by atoms with E-state index in [4.69, 9.17) is 17.3 Å². The Morgan fingerprint density at radius 1 is 1.57 bits per heavy atom. The summed E-state index contributed by atoms with van der Waals surface area (Å²) in [7, 11) is 0. The Kier molecular flexibility index (Phi) is 3.24. The second-order valence-corrected chi connectivity index (χ2v) is 3.58. The summed E-state index contributed by atoms with van der Waals surface area (Å²) in [5, 5.41) is -0.146. The number of ketones is 1. The van der Waals surface area contributed by atoms with Crippen LogP contribution in [0.3, 0.4) is 0 Å². The molecule has 14 heavy (non-hydrogen) atoms. The minimum atomic E-state index is -0.673. The summed E-state index contributed by atoms with van der Waals surface area (Å²) in [6.07, 6.45) is 0. The minimum Gasteiger partial charge on any atom is -0.321 e. The summed E-state index contributed by atoms with van der Waals surface area (Å²) in [5.74, 6) is -0.937. The minimum absolute atomic E-state index is 0.146. The van der Waals surface area contributed by atoms with Crippen molar-refractivity contribution in [1.82, 2.24) is 0 Å². The first kappa shape index (κ1) is 11.1. The number of halogens is 2. The Bertz CT molecular complexity index is 377. The number of Topliss-reactive ketones (excluding diaryl/α,β-unsaturated/α-hetero) is 1. The zero-order chi connectivity index (χ0) is 10.9. The third kappa shape index (κ3) is 1.94. The lowest BCUT2D eigenvalue weighted by molar-refractivity contribution is 0.0967. The van der Waals surface area contributed by atoms with Crippen LogP contribution < -0.4 is 5.73 Å². The Morgan fingerprint density at radius 3 is 2.64 bits per heavy atom. The van der Waals surface area contributed by atoms with Crippen molar-refractivity contribution in [3.05, 3.63) is 34.1 Å². The number of benzene rings is 1. The average molecular weight is 216 g/mol. The normalized spacial score (nSPS) is 12.6. The van der Waals surface area contributed by atoms with Crippen molar-refractivity contribution in [3.8, 4) is 0 Å². The molecule has 0 saturated heterocycles. The van der Waals surface area contributed by atoms with Crippen molar-refractivity contribution >= 4 is 17.4 Å². The highest BCUT2D eigenvalue weighted by Crippen LogP contribution is 2.24. The fourth-order valence-corrected chi connectivity index (χ4v) is 1.48. The number of aryl methyl sites for hydroxylation is 1. The van der Waals surface area contributed by atoms with E-state index in [-0.39, 0.29) is 16.4 Å². The third-order valence-corrected chi connectivity index (χ3v) is 2.33. The van der Waals surface area contributed by atoms with E-state index < -0.39 is 11.9 Å². The molecule has 0 spiro atoms. The fraction of sp³-hybridized carbons (Fsp3) is 0.300. The van der Waals surface area contributed by atoms with Crippen molar-refractivity contribution in [2.45, 2.75) is 19.9 Å². The van der Waals surface area contributed by atoms with E-state index in [1.54, 1.807) is 13.8 Å². The van der Waals surface area contributed by atoms with Crippen LogP contribution in [0.15, 0.2) is 12.1 Å². The molecule has 2 nitrogen and oxygen atoms in total. The lowest BCUT2D eigenvalue weighted by Gasteiger charge is -2.10. The van der Waals surface area contributed by atoms with E-state index in [2.05, 4.69) is 0 Å². The Morgan fingerprint density at radius 2 is 2.14 bits per heavy atom. The molecular weight excluding hydrogens is 205 g/mol. The summed E-state index contributed by atoms with van der Waals surface area (Å²) in [6, 6.07) is 2.07. The molecule has 0 amide bonds. The van der Waals surface area contributed by atoms with E-state index in [1.807, 2.05) is 0 Å². The van der Waals surface area contributed by atoms with Crippen LogP contribution in [0.1, 0.15) is 22.8 Å². The van der Waals surface area contributed by atoms with Crippen LogP contribution in [0.2, 0.25) is 5.02 Å². The zero-order valence-electron chi connectivity index (χ0n) is 7.97. The van der Waals surface area contributed by atoms with Crippen LogP contribution in [0.25, 0.3) is 0 Å². The van der Waals surface area contributed by atoms with Gasteiger partial charge in [-0.05, 0) is 25.5 Å². The highest BCUT2D eigenvalue weighted by atomic mass is 35.5. The SMILES string of the molecule is Cc1ccc(F)c(Cl)c1C(=O)C(C)N. The quantitative estimate of drug-likeness (QED) is 0.770. The van der Waals surface area contributed by atoms with Gasteiger partial charge < -0.3 is 5.73 Å². The summed E-state index contributed by atoms with van der Waals surface area (Å²) in [5.41, 5.74) is 6.24. The number of nitrogens with two attached hydrogens (primary N) is 1. The van der Waals surface area contributed by atoms with Gasteiger partial charge in [0, 0.05) is 5.56 Å². The van der Waals surface area contributed by atoms with Gasteiger partial charge in [0.05, 0.1) is 11.1 Å². The van der Waals surface area contributed by atoms with Gasteiger partial charge in [-0.25, -0.2) is 4.39 Å². The van der Waals surface area contributed by atoms with Gasteiger partial charge >= 0.3 is 0 Å². The van der Waals surface area contributed by atoms with E-state index in [9.17, 15) is 9.18 Å². The first-order valence-corrected chi connectivity index (χ1v) is 4.57. The fourth-order valence-electron chi connectivity index (χ4n) is 1.18. The zero-order valence-corrected chi connectivity index (χ0v) is 8.73. The first-order chi connectivity index (χ1) is 6.45. The van der Waals surface area contributed by atoms with Gasteiger partial charge in [-0.15, -0.1) is 0 Å². The van der Waals surface area contributed by atoms with E-state index in [1.165, 1.54) is 12.1 Å². The highest BCUT2D eigenvalue weighted by Gasteiger charge is 2.19. The lowest BCUT2D eigenvalue weighted by Crippen LogP contribution is -2.27. The highest BCUT2D eigenvalue weighted by molar-refractivity contribution is 6.34. The van der Waals surface area contributed by atoms with Gasteiger partial charge in [0.2, 0.25) is 0 Å². The molecule has 1 rings (SSSR count). The molecule has 2 N–H and O–H groups in total. The monoisotopic (exact) mass is 215 g/mol. The van der Waals surface area contributed by atoms with Crippen molar-refractivity contribution < 1.29 is 9.18 Å². The summed E-state index contributed by atoms with van der Waals surface area (Å²) in [6.45, 7) is 3.24. The standard InChI is InChI=1S/C10H11ClFNO/c1-5-3-4-7(12)9(11)8(5)10(14)6(2)13/h3-4,6H,13H2,1-2H3. The second kappa shape index (κ2) is 4.07. The molecule has 0 aliphatic rings. The molecule has 0 radical (unpaired) electrons. The van der Waals surface area contributed by atoms with Crippen molar-refractivity contribution in [2.75, 3.05) is 0 Å². The molecule has 0 saturated carbocycles.